The van der Waals surface area contributed by atoms with Crippen molar-refractivity contribution in [2.45, 2.75) is 19.8 Å². The summed E-state index contributed by atoms with van der Waals surface area (Å²) in [6, 6.07) is 7.11. The summed E-state index contributed by atoms with van der Waals surface area (Å²) < 4.78 is 1.72. The van der Waals surface area contributed by atoms with Gasteiger partial charge in [0.05, 0.1) is 23.8 Å². The summed E-state index contributed by atoms with van der Waals surface area (Å²) in [5.74, 6) is -0.309. The van der Waals surface area contributed by atoms with Gasteiger partial charge in [0.15, 0.2) is 0 Å². The highest BCUT2D eigenvalue weighted by atomic mass is 16.2. The minimum absolute atomic E-state index is 0.0620. The van der Waals surface area contributed by atoms with Crippen LogP contribution in [0.5, 0.6) is 0 Å². The molecule has 0 unspecified atom stereocenters. The molecule has 148 valence electrons. The van der Waals surface area contributed by atoms with E-state index in [1.807, 2.05) is 19.2 Å². The fourth-order valence-electron chi connectivity index (χ4n) is 3.46. The normalized spacial score (nSPS) is 14.6. The molecule has 8 nitrogen and oxygen atoms in total. The summed E-state index contributed by atoms with van der Waals surface area (Å²) >= 11 is 0. The van der Waals surface area contributed by atoms with Gasteiger partial charge < -0.3 is 10.2 Å². The number of carbonyl (C=O) groups excluding carboxylic acids is 2. The molecule has 1 aliphatic rings. The van der Waals surface area contributed by atoms with Crippen molar-refractivity contribution in [3.05, 3.63) is 66.5 Å². The maximum absolute atomic E-state index is 12.8. The number of aromatic nitrogens is 4. The molecule has 0 saturated carbocycles. The lowest BCUT2D eigenvalue weighted by molar-refractivity contribution is -0.121. The van der Waals surface area contributed by atoms with Gasteiger partial charge in [0.1, 0.15) is 5.69 Å². The first kappa shape index (κ1) is 18.8. The molecular weight excluding hydrogens is 368 g/mol. The first-order chi connectivity index (χ1) is 14.1. The predicted molar refractivity (Wildman–Crippen MR) is 108 cm³/mol. The Morgan fingerprint density at radius 2 is 1.93 bits per heavy atom. The van der Waals surface area contributed by atoms with Crippen LogP contribution in [-0.2, 0) is 4.79 Å². The molecule has 1 fully saturated rings. The molecule has 0 radical (unpaired) electrons. The van der Waals surface area contributed by atoms with E-state index < -0.39 is 0 Å². The van der Waals surface area contributed by atoms with Crippen LogP contribution >= 0.6 is 0 Å². The molecule has 4 heterocycles. The van der Waals surface area contributed by atoms with Gasteiger partial charge in [-0.15, -0.1) is 0 Å². The highest BCUT2D eigenvalue weighted by Crippen LogP contribution is 2.23. The van der Waals surface area contributed by atoms with Crippen molar-refractivity contribution in [1.29, 1.82) is 0 Å². The lowest BCUT2D eigenvalue weighted by Crippen LogP contribution is -2.41. The molecule has 0 atom stereocenters. The first-order valence-electron chi connectivity index (χ1n) is 9.58. The highest BCUT2D eigenvalue weighted by Gasteiger charge is 2.28. The molecule has 3 aromatic heterocycles. The van der Waals surface area contributed by atoms with Crippen molar-refractivity contribution in [3.63, 3.8) is 0 Å². The summed E-state index contributed by atoms with van der Waals surface area (Å²) in [7, 11) is 0. The fraction of sp³-hybridized carbons (Fsp3) is 0.286. The van der Waals surface area contributed by atoms with Gasteiger partial charge in [0.2, 0.25) is 5.91 Å². The van der Waals surface area contributed by atoms with Crippen LogP contribution < -0.4 is 5.32 Å². The zero-order valence-corrected chi connectivity index (χ0v) is 16.2. The van der Waals surface area contributed by atoms with Gasteiger partial charge >= 0.3 is 0 Å². The Hall–Kier alpha value is -3.55. The molecule has 0 spiro atoms. The Kier molecular flexibility index (Phi) is 5.33. The smallest absolute Gasteiger partial charge is 0.272 e. The summed E-state index contributed by atoms with van der Waals surface area (Å²) in [5.41, 5.74) is 2.85. The molecule has 0 bridgehead atoms. The van der Waals surface area contributed by atoms with Crippen LogP contribution in [0.1, 0.15) is 28.9 Å². The van der Waals surface area contributed by atoms with Gasteiger partial charge in [-0.05, 0) is 43.5 Å². The second-order valence-electron chi connectivity index (χ2n) is 7.13. The average molecular weight is 390 g/mol. The number of anilines is 1. The van der Waals surface area contributed by atoms with Crippen molar-refractivity contribution in [3.8, 4) is 5.69 Å². The van der Waals surface area contributed by atoms with E-state index in [2.05, 4.69) is 20.4 Å². The number of piperidine rings is 1. The van der Waals surface area contributed by atoms with E-state index in [4.69, 9.17) is 0 Å². The number of carbonyl (C=O) groups is 2. The minimum atomic E-state index is -0.157. The summed E-state index contributed by atoms with van der Waals surface area (Å²) in [4.78, 5) is 35.3. The molecule has 4 rings (SSSR count). The van der Waals surface area contributed by atoms with E-state index >= 15 is 0 Å². The molecule has 8 heteroatoms. The van der Waals surface area contributed by atoms with Crippen molar-refractivity contribution in [2.24, 2.45) is 5.92 Å². The Morgan fingerprint density at radius 1 is 1.10 bits per heavy atom. The molecule has 2 amide bonds. The standard InChI is InChI=1S/C21H22N6O2/c1-15-12-24-27(14-15)19-5-9-22-13-18(19)25-20(28)16-6-10-26(11-7-16)21(29)17-4-2-3-8-23-17/h2-5,8-9,12-14,16H,6-7,10-11H2,1H3,(H,25,28). The van der Waals surface area contributed by atoms with E-state index in [-0.39, 0.29) is 17.7 Å². The van der Waals surface area contributed by atoms with Crippen LogP contribution in [0.4, 0.5) is 5.69 Å². The number of likely N-dealkylation sites (tertiary alicyclic amines) is 1. The molecule has 1 N–H and O–H groups in total. The van der Waals surface area contributed by atoms with Gasteiger partial charge in [-0.2, -0.15) is 5.10 Å². The van der Waals surface area contributed by atoms with E-state index in [0.29, 0.717) is 37.3 Å². The Bertz CT molecular complexity index is 1010. The largest absolute Gasteiger partial charge is 0.337 e. The minimum Gasteiger partial charge on any atom is -0.337 e. The van der Waals surface area contributed by atoms with E-state index in [1.165, 1.54) is 0 Å². The second-order valence-corrected chi connectivity index (χ2v) is 7.13. The van der Waals surface area contributed by atoms with Crippen LogP contribution in [0.2, 0.25) is 0 Å². The van der Waals surface area contributed by atoms with Crippen LogP contribution in [0.3, 0.4) is 0 Å². The molecule has 3 aromatic rings. The molecule has 0 aliphatic carbocycles. The summed E-state index contributed by atoms with van der Waals surface area (Å²) in [5, 5.41) is 7.30. The molecule has 1 aliphatic heterocycles. The third-order valence-electron chi connectivity index (χ3n) is 5.05. The fourth-order valence-corrected chi connectivity index (χ4v) is 3.46. The number of aryl methyl sites for hydroxylation is 1. The SMILES string of the molecule is Cc1cnn(-c2ccncc2NC(=O)C2CCN(C(=O)c3ccccn3)CC2)c1. The summed E-state index contributed by atoms with van der Waals surface area (Å²) in [6.45, 7) is 3.03. The van der Waals surface area contributed by atoms with Crippen molar-refractivity contribution in [1.82, 2.24) is 24.6 Å². The number of nitrogens with one attached hydrogen (secondary N) is 1. The monoisotopic (exact) mass is 390 g/mol. The van der Waals surface area contributed by atoms with Crippen LogP contribution in [0.25, 0.3) is 5.69 Å². The van der Waals surface area contributed by atoms with Gasteiger partial charge in [0.25, 0.3) is 5.91 Å². The number of rotatable bonds is 4. The number of hydrogen-bond donors (Lipinski definition) is 1. The van der Waals surface area contributed by atoms with E-state index in [9.17, 15) is 9.59 Å². The maximum Gasteiger partial charge on any atom is 0.272 e. The predicted octanol–water partition coefficient (Wildman–Crippen LogP) is 2.46. The molecule has 1 saturated heterocycles. The van der Waals surface area contributed by atoms with Gasteiger partial charge in [-0.1, -0.05) is 6.07 Å². The Labute approximate surface area is 168 Å². The number of hydrogen-bond acceptors (Lipinski definition) is 5. The van der Waals surface area contributed by atoms with E-state index in [1.54, 1.807) is 52.6 Å². The topological polar surface area (TPSA) is 93.0 Å². The third kappa shape index (κ3) is 4.16. The van der Waals surface area contributed by atoms with Gasteiger partial charge in [-0.25, -0.2) is 4.68 Å². The summed E-state index contributed by atoms with van der Waals surface area (Å²) in [6.07, 6.45) is 9.79. The number of pyridine rings is 2. The van der Waals surface area contributed by atoms with Gasteiger partial charge in [-0.3, -0.25) is 19.6 Å². The average Bonchev–Trinajstić information content (AvgIpc) is 3.20. The second kappa shape index (κ2) is 8.22. The quantitative estimate of drug-likeness (QED) is 0.739. The number of amides is 2. The molecular formula is C21H22N6O2. The zero-order chi connectivity index (χ0) is 20.2. The highest BCUT2D eigenvalue weighted by molar-refractivity contribution is 5.95. The van der Waals surface area contributed by atoms with Crippen molar-refractivity contribution < 1.29 is 9.59 Å². The van der Waals surface area contributed by atoms with Crippen LogP contribution in [0.15, 0.2) is 55.2 Å². The number of nitrogens with zero attached hydrogens (tertiary/aromatic N) is 5. The van der Waals surface area contributed by atoms with Crippen LogP contribution in [0, 0.1) is 12.8 Å². The zero-order valence-electron chi connectivity index (χ0n) is 16.2. The lowest BCUT2D eigenvalue weighted by Gasteiger charge is -2.31. The van der Waals surface area contributed by atoms with Crippen molar-refractivity contribution in [2.75, 3.05) is 18.4 Å². The van der Waals surface area contributed by atoms with Gasteiger partial charge in [0, 0.05) is 37.6 Å². The first-order valence-corrected chi connectivity index (χ1v) is 9.58. The van der Waals surface area contributed by atoms with Crippen molar-refractivity contribution >= 4 is 17.5 Å². The Morgan fingerprint density at radius 3 is 2.62 bits per heavy atom. The molecule has 29 heavy (non-hydrogen) atoms. The lowest BCUT2D eigenvalue weighted by atomic mass is 9.95. The molecule has 0 aromatic carbocycles. The van der Waals surface area contributed by atoms with E-state index in [0.717, 1.165) is 11.3 Å². The maximum atomic E-state index is 12.8. The Balaban J connectivity index is 1.39. The van der Waals surface area contributed by atoms with Crippen LogP contribution in [-0.4, -0.2) is 49.6 Å². The third-order valence-corrected chi connectivity index (χ3v) is 5.05.